The van der Waals surface area contributed by atoms with Gasteiger partial charge in [0.15, 0.2) is 5.82 Å². The van der Waals surface area contributed by atoms with E-state index in [1.54, 1.807) is 11.3 Å². The predicted octanol–water partition coefficient (Wildman–Crippen LogP) is 5.48. The molecule has 0 aliphatic carbocycles. The zero-order valence-corrected chi connectivity index (χ0v) is 19.0. The Hall–Kier alpha value is -1.69. The molecular formula is C23H29ClN4S. The third-order valence-electron chi connectivity index (χ3n) is 5.74. The Morgan fingerprint density at radius 2 is 1.90 bits per heavy atom. The largest absolute Gasteiger partial charge is 0.355 e. The van der Waals surface area contributed by atoms with Gasteiger partial charge < -0.3 is 10.2 Å². The molecule has 3 heterocycles. The van der Waals surface area contributed by atoms with Gasteiger partial charge in [0.2, 0.25) is 5.28 Å². The van der Waals surface area contributed by atoms with E-state index >= 15 is 0 Å². The highest BCUT2D eigenvalue weighted by Crippen LogP contribution is 2.34. The molecule has 1 aliphatic heterocycles. The molecule has 1 saturated heterocycles. The Labute approximate surface area is 182 Å². The number of rotatable bonds is 6. The standard InChI is InChI=1S/C23H29ClN4S/c1-16-14-29-20-19(16)26-22(24)27-21(20)28-11-9-18(10-12-28)25-15-23(2,3)13-17-7-5-4-6-8-17/h4-8,14,18,25H,9-13,15H2,1-3H3. The van der Waals surface area contributed by atoms with Crippen molar-refractivity contribution >= 4 is 39.0 Å². The molecule has 0 unspecified atom stereocenters. The van der Waals surface area contributed by atoms with E-state index in [1.807, 2.05) is 0 Å². The first-order chi connectivity index (χ1) is 13.9. The predicted molar refractivity (Wildman–Crippen MR) is 124 cm³/mol. The van der Waals surface area contributed by atoms with Crippen LogP contribution in [0.1, 0.15) is 37.8 Å². The van der Waals surface area contributed by atoms with Crippen molar-refractivity contribution in [3.05, 3.63) is 52.1 Å². The third-order valence-corrected chi connectivity index (χ3v) is 6.99. The molecule has 0 bridgehead atoms. The second-order valence-corrected chi connectivity index (χ2v) is 10.1. The van der Waals surface area contributed by atoms with Crippen LogP contribution in [0.3, 0.4) is 0 Å². The van der Waals surface area contributed by atoms with E-state index in [0.717, 1.165) is 54.9 Å². The summed E-state index contributed by atoms with van der Waals surface area (Å²) in [5.74, 6) is 1.00. The van der Waals surface area contributed by atoms with Crippen molar-refractivity contribution < 1.29 is 0 Å². The van der Waals surface area contributed by atoms with Gasteiger partial charge in [-0.1, -0.05) is 44.2 Å². The van der Waals surface area contributed by atoms with Crippen LogP contribution < -0.4 is 10.2 Å². The summed E-state index contributed by atoms with van der Waals surface area (Å²) in [6.07, 6.45) is 3.33. The summed E-state index contributed by atoms with van der Waals surface area (Å²) < 4.78 is 1.15. The number of fused-ring (bicyclic) bond motifs is 1. The van der Waals surface area contributed by atoms with Crippen LogP contribution in [0.2, 0.25) is 5.28 Å². The molecule has 3 aromatic rings. The maximum absolute atomic E-state index is 6.21. The van der Waals surface area contributed by atoms with Gasteiger partial charge in [-0.15, -0.1) is 11.3 Å². The molecule has 154 valence electrons. The second kappa shape index (κ2) is 8.58. The minimum atomic E-state index is 0.235. The number of halogens is 1. The Kier molecular flexibility index (Phi) is 6.09. The average Bonchev–Trinajstić information content (AvgIpc) is 3.07. The summed E-state index contributed by atoms with van der Waals surface area (Å²) in [5, 5.41) is 6.31. The van der Waals surface area contributed by atoms with Gasteiger partial charge in [-0.25, -0.2) is 4.98 Å². The summed E-state index contributed by atoms with van der Waals surface area (Å²) in [6.45, 7) is 9.80. The number of piperidine rings is 1. The molecule has 2 aromatic heterocycles. The number of aryl methyl sites for hydroxylation is 1. The Balaban J connectivity index is 1.34. The zero-order valence-electron chi connectivity index (χ0n) is 17.4. The first-order valence-corrected chi connectivity index (χ1v) is 11.6. The van der Waals surface area contributed by atoms with Crippen molar-refractivity contribution in [3.63, 3.8) is 0 Å². The second-order valence-electron chi connectivity index (χ2n) is 8.88. The van der Waals surface area contributed by atoms with E-state index in [9.17, 15) is 0 Å². The minimum absolute atomic E-state index is 0.235. The van der Waals surface area contributed by atoms with Gasteiger partial charge >= 0.3 is 0 Å². The quantitative estimate of drug-likeness (QED) is 0.527. The minimum Gasteiger partial charge on any atom is -0.355 e. The number of thiophene rings is 1. The van der Waals surface area contributed by atoms with Gasteiger partial charge in [-0.2, -0.15) is 4.98 Å². The molecule has 0 radical (unpaired) electrons. The summed E-state index contributed by atoms with van der Waals surface area (Å²) in [4.78, 5) is 11.4. The van der Waals surface area contributed by atoms with E-state index in [2.05, 4.69) is 76.7 Å². The first kappa shape index (κ1) is 20.6. The number of anilines is 1. The molecule has 29 heavy (non-hydrogen) atoms. The van der Waals surface area contributed by atoms with Crippen LogP contribution in [0.4, 0.5) is 5.82 Å². The van der Waals surface area contributed by atoms with Gasteiger partial charge in [0, 0.05) is 25.7 Å². The van der Waals surface area contributed by atoms with Crippen LogP contribution in [0.15, 0.2) is 35.7 Å². The van der Waals surface area contributed by atoms with Crippen LogP contribution in [0, 0.1) is 12.3 Å². The van der Waals surface area contributed by atoms with Crippen molar-refractivity contribution in [3.8, 4) is 0 Å². The van der Waals surface area contributed by atoms with Crippen LogP contribution >= 0.6 is 22.9 Å². The fourth-order valence-corrected chi connectivity index (χ4v) is 5.30. The molecule has 0 saturated carbocycles. The Morgan fingerprint density at radius 3 is 2.62 bits per heavy atom. The van der Waals surface area contributed by atoms with Crippen molar-refractivity contribution in [2.75, 3.05) is 24.5 Å². The fraction of sp³-hybridized carbons (Fsp3) is 0.478. The smallest absolute Gasteiger partial charge is 0.224 e. The Morgan fingerprint density at radius 1 is 1.17 bits per heavy atom. The monoisotopic (exact) mass is 428 g/mol. The lowest BCUT2D eigenvalue weighted by Crippen LogP contribution is -2.45. The van der Waals surface area contributed by atoms with E-state index in [-0.39, 0.29) is 5.41 Å². The van der Waals surface area contributed by atoms with E-state index in [4.69, 9.17) is 11.6 Å². The topological polar surface area (TPSA) is 41.0 Å². The number of hydrogen-bond donors (Lipinski definition) is 1. The molecule has 1 fully saturated rings. The van der Waals surface area contributed by atoms with Gasteiger partial charge in [0.25, 0.3) is 0 Å². The van der Waals surface area contributed by atoms with Gasteiger partial charge in [0.05, 0.1) is 10.2 Å². The molecule has 1 aliphatic rings. The lowest BCUT2D eigenvalue weighted by atomic mass is 9.85. The fourth-order valence-electron chi connectivity index (χ4n) is 4.13. The highest BCUT2D eigenvalue weighted by atomic mass is 35.5. The molecule has 0 spiro atoms. The molecular weight excluding hydrogens is 400 g/mol. The molecule has 4 nitrogen and oxygen atoms in total. The van der Waals surface area contributed by atoms with Gasteiger partial charge in [-0.05, 0) is 59.7 Å². The molecule has 4 rings (SSSR count). The van der Waals surface area contributed by atoms with Crippen molar-refractivity contribution in [1.82, 2.24) is 15.3 Å². The van der Waals surface area contributed by atoms with Gasteiger partial charge in [-0.3, -0.25) is 0 Å². The van der Waals surface area contributed by atoms with Gasteiger partial charge in [0.1, 0.15) is 0 Å². The van der Waals surface area contributed by atoms with Crippen LogP contribution in [0.5, 0.6) is 0 Å². The number of nitrogens with one attached hydrogen (secondary N) is 1. The van der Waals surface area contributed by atoms with E-state index < -0.39 is 0 Å². The van der Waals surface area contributed by atoms with Crippen molar-refractivity contribution in [2.45, 2.75) is 46.1 Å². The number of nitrogens with zero attached hydrogens (tertiary/aromatic N) is 3. The normalized spacial score (nSPS) is 15.9. The lowest BCUT2D eigenvalue weighted by molar-refractivity contribution is 0.298. The summed E-state index contributed by atoms with van der Waals surface area (Å²) in [6, 6.07) is 11.3. The lowest BCUT2D eigenvalue weighted by Gasteiger charge is -2.35. The summed E-state index contributed by atoms with van der Waals surface area (Å²) in [7, 11) is 0. The SMILES string of the molecule is Cc1csc2c(N3CCC(NCC(C)(C)Cc4ccccc4)CC3)nc(Cl)nc12. The van der Waals surface area contributed by atoms with Crippen molar-refractivity contribution in [1.29, 1.82) is 0 Å². The first-order valence-electron chi connectivity index (χ1n) is 10.3. The van der Waals surface area contributed by atoms with E-state index in [1.165, 1.54) is 11.1 Å². The third kappa shape index (κ3) is 4.90. The average molecular weight is 429 g/mol. The van der Waals surface area contributed by atoms with Crippen LogP contribution in [0.25, 0.3) is 10.2 Å². The molecule has 1 aromatic carbocycles. The molecule has 0 amide bonds. The van der Waals surface area contributed by atoms with Crippen LogP contribution in [-0.4, -0.2) is 35.6 Å². The maximum atomic E-state index is 6.21. The molecule has 6 heteroatoms. The van der Waals surface area contributed by atoms with E-state index in [0.29, 0.717) is 11.3 Å². The number of benzene rings is 1. The maximum Gasteiger partial charge on any atom is 0.224 e. The summed E-state index contributed by atoms with van der Waals surface area (Å²) in [5.41, 5.74) is 3.81. The Bertz CT molecular complexity index is 962. The molecule has 0 atom stereocenters. The number of aromatic nitrogens is 2. The van der Waals surface area contributed by atoms with Crippen molar-refractivity contribution in [2.24, 2.45) is 5.41 Å². The highest BCUT2D eigenvalue weighted by molar-refractivity contribution is 7.18. The zero-order chi connectivity index (χ0) is 20.4. The molecule has 1 N–H and O–H groups in total. The van der Waals surface area contributed by atoms with Crippen LogP contribution in [-0.2, 0) is 6.42 Å². The highest BCUT2D eigenvalue weighted by Gasteiger charge is 2.25. The number of hydrogen-bond acceptors (Lipinski definition) is 5. The summed E-state index contributed by atoms with van der Waals surface area (Å²) >= 11 is 7.93.